The molecule has 2 aromatic rings. The molecule has 8 heteroatoms. The molecular formula is C11H16N4O2S2. The van der Waals surface area contributed by atoms with Crippen molar-refractivity contribution >= 4 is 21.4 Å². The molecule has 0 atom stereocenters. The Labute approximate surface area is 116 Å². The molecule has 0 aliphatic heterocycles. The monoisotopic (exact) mass is 300 g/mol. The van der Waals surface area contributed by atoms with E-state index in [9.17, 15) is 8.42 Å². The van der Waals surface area contributed by atoms with Crippen LogP contribution in [-0.4, -0.2) is 34.7 Å². The summed E-state index contributed by atoms with van der Waals surface area (Å²) >= 11 is 1.49. The summed E-state index contributed by atoms with van der Waals surface area (Å²) in [6, 6.07) is 0. The molecular weight excluding hydrogens is 284 g/mol. The van der Waals surface area contributed by atoms with Crippen LogP contribution >= 0.6 is 11.3 Å². The lowest BCUT2D eigenvalue weighted by atomic mass is 10.5. The highest BCUT2D eigenvalue weighted by molar-refractivity contribution is 7.89. The summed E-state index contributed by atoms with van der Waals surface area (Å²) in [6.45, 7) is 4.12. The molecule has 0 aromatic carbocycles. The summed E-state index contributed by atoms with van der Waals surface area (Å²) in [6.07, 6.45) is 3.74. The van der Waals surface area contributed by atoms with E-state index < -0.39 is 10.0 Å². The van der Waals surface area contributed by atoms with E-state index in [1.165, 1.54) is 21.8 Å². The van der Waals surface area contributed by atoms with Crippen molar-refractivity contribution < 1.29 is 8.42 Å². The molecule has 0 spiro atoms. The van der Waals surface area contributed by atoms with Gasteiger partial charge >= 0.3 is 0 Å². The molecule has 0 unspecified atom stereocenters. The van der Waals surface area contributed by atoms with Crippen LogP contribution in [0, 0.1) is 6.92 Å². The largest absolute Gasteiger partial charge is 0.332 e. The normalized spacial score (nSPS) is 12.2. The Morgan fingerprint density at radius 3 is 2.63 bits per heavy atom. The SMILES string of the molecule is CCc1ncc(S(=O)(=O)N(C)Cc2cnc(C)s2)[nH]1. The Kier molecular flexibility index (Phi) is 4.02. The molecule has 0 saturated carbocycles. The minimum Gasteiger partial charge on any atom is -0.332 e. The van der Waals surface area contributed by atoms with Crippen molar-refractivity contribution in [3.05, 3.63) is 28.1 Å². The van der Waals surface area contributed by atoms with Crippen molar-refractivity contribution in [2.75, 3.05) is 7.05 Å². The molecule has 2 rings (SSSR count). The Balaban J connectivity index is 2.19. The van der Waals surface area contributed by atoms with Gasteiger partial charge in [0.05, 0.1) is 11.2 Å². The highest BCUT2D eigenvalue weighted by Gasteiger charge is 2.23. The molecule has 2 aromatic heterocycles. The zero-order valence-corrected chi connectivity index (χ0v) is 12.7. The summed E-state index contributed by atoms with van der Waals surface area (Å²) in [5.74, 6) is 0.667. The van der Waals surface area contributed by atoms with Gasteiger partial charge in [-0.05, 0) is 6.92 Å². The number of aryl methyl sites for hydroxylation is 2. The topological polar surface area (TPSA) is 79.0 Å². The van der Waals surface area contributed by atoms with Crippen LogP contribution in [0.1, 0.15) is 22.6 Å². The van der Waals surface area contributed by atoms with Gasteiger partial charge in [-0.2, -0.15) is 4.31 Å². The number of thiazole rings is 1. The van der Waals surface area contributed by atoms with Gasteiger partial charge in [-0.25, -0.2) is 18.4 Å². The van der Waals surface area contributed by atoms with Gasteiger partial charge in [0.2, 0.25) is 0 Å². The number of H-pyrrole nitrogens is 1. The van der Waals surface area contributed by atoms with E-state index in [1.807, 2.05) is 13.8 Å². The number of hydrogen-bond donors (Lipinski definition) is 1. The van der Waals surface area contributed by atoms with Crippen LogP contribution in [0.4, 0.5) is 0 Å². The fourth-order valence-electron chi connectivity index (χ4n) is 1.60. The van der Waals surface area contributed by atoms with Gasteiger partial charge in [-0.3, -0.25) is 0 Å². The Hall–Kier alpha value is -1.25. The number of sulfonamides is 1. The van der Waals surface area contributed by atoms with Gasteiger partial charge in [-0.15, -0.1) is 11.3 Å². The third-order valence-electron chi connectivity index (χ3n) is 2.68. The number of hydrogen-bond acceptors (Lipinski definition) is 5. The van der Waals surface area contributed by atoms with Crippen LogP contribution < -0.4 is 0 Å². The summed E-state index contributed by atoms with van der Waals surface area (Å²) in [5.41, 5.74) is 0. The smallest absolute Gasteiger partial charge is 0.260 e. The van der Waals surface area contributed by atoms with Gasteiger partial charge in [0, 0.05) is 31.1 Å². The maximum absolute atomic E-state index is 12.3. The first-order chi connectivity index (χ1) is 8.93. The summed E-state index contributed by atoms with van der Waals surface area (Å²) in [7, 11) is -1.97. The summed E-state index contributed by atoms with van der Waals surface area (Å²) in [4.78, 5) is 11.9. The van der Waals surface area contributed by atoms with Crippen LogP contribution in [-0.2, 0) is 23.0 Å². The minimum absolute atomic E-state index is 0.132. The fraction of sp³-hybridized carbons (Fsp3) is 0.455. The predicted octanol–water partition coefficient (Wildman–Crippen LogP) is 1.56. The molecule has 0 aliphatic carbocycles. The second-order valence-electron chi connectivity index (χ2n) is 4.15. The lowest BCUT2D eigenvalue weighted by Crippen LogP contribution is -2.26. The fourth-order valence-corrected chi connectivity index (χ4v) is 3.61. The zero-order chi connectivity index (χ0) is 14.0. The molecule has 0 bridgehead atoms. The Bertz CT molecular complexity index is 660. The number of nitrogens with one attached hydrogen (secondary N) is 1. The van der Waals surface area contributed by atoms with E-state index in [2.05, 4.69) is 15.0 Å². The first kappa shape index (κ1) is 14.2. The predicted molar refractivity (Wildman–Crippen MR) is 73.5 cm³/mol. The highest BCUT2D eigenvalue weighted by atomic mass is 32.2. The first-order valence-corrected chi connectivity index (χ1v) is 8.10. The van der Waals surface area contributed by atoms with Crippen LogP contribution in [0.15, 0.2) is 17.4 Å². The van der Waals surface area contributed by atoms with Crippen LogP contribution in [0.25, 0.3) is 0 Å². The quantitative estimate of drug-likeness (QED) is 0.909. The van der Waals surface area contributed by atoms with E-state index >= 15 is 0 Å². The second-order valence-corrected chi connectivity index (χ2v) is 7.49. The van der Waals surface area contributed by atoms with Gasteiger partial charge < -0.3 is 4.98 Å². The van der Waals surface area contributed by atoms with E-state index in [-0.39, 0.29) is 5.03 Å². The number of aromatic amines is 1. The van der Waals surface area contributed by atoms with E-state index in [4.69, 9.17) is 0 Å². The molecule has 19 heavy (non-hydrogen) atoms. The Morgan fingerprint density at radius 2 is 2.11 bits per heavy atom. The number of imidazole rings is 1. The lowest BCUT2D eigenvalue weighted by Gasteiger charge is -2.14. The summed E-state index contributed by atoms with van der Waals surface area (Å²) in [5, 5.41) is 1.06. The van der Waals surface area contributed by atoms with Gasteiger partial charge in [-0.1, -0.05) is 6.92 Å². The van der Waals surface area contributed by atoms with E-state index in [1.54, 1.807) is 13.2 Å². The molecule has 0 radical (unpaired) electrons. The molecule has 2 heterocycles. The number of aromatic nitrogens is 3. The molecule has 0 amide bonds. The van der Waals surface area contributed by atoms with Crippen LogP contribution in [0.2, 0.25) is 0 Å². The highest BCUT2D eigenvalue weighted by Crippen LogP contribution is 2.18. The minimum atomic E-state index is -3.52. The third kappa shape index (κ3) is 3.02. The van der Waals surface area contributed by atoms with E-state index in [0.717, 1.165) is 9.88 Å². The Morgan fingerprint density at radius 1 is 1.37 bits per heavy atom. The molecule has 104 valence electrons. The average molecular weight is 300 g/mol. The van der Waals surface area contributed by atoms with Crippen molar-refractivity contribution in [3.63, 3.8) is 0 Å². The second kappa shape index (κ2) is 5.40. The van der Waals surface area contributed by atoms with Crippen LogP contribution in [0.5, 0.6) is 0 Å². The maximum atomic E-state index is 12.3. The summed E-state index contributed by atoms with van der Waals surface area (Å²) < 4.78 is 25.9. The standard InChI is InChI=1S/C11H16N4O2S2/c1-4-10-13-6-11(14-10)19(16,17)15(3)7-9-5-12-8(2)18-9/h5-6H,4,7H2,1-3H3,(H,13,14). The van der Waals surface area contributed by atoms with Crippen molar-refractivity contribution in [2.45, 2.75) is 31.8 Å². The van der Waals surface area contributed by atoms with Crippen molar-refractivity contribution in [1.29, 1.82) is 0 Å². The van der Waals surface area contributed by atoms with Gasteiger partial charge in [0.25, 0.3) is 10.0 Å². The van der Waals surface area contributed by atoms with Crippen molar-refractivity contribution in [1.82, 2.24) is 19.3 Å². The van der Waals surface area contributed by atoms with Crippen molar-refractivity contribution in [2.24, 2.45) is 0 Å². The zero-order valence-electron chi connectivity index (χ0n) is 11.0. The first-order valence-electron chi connectivity index (χ1n) is 5.85. The maximum Gasteiger partial charge on any atom is 0.260 e. The number of rotatable bonds is 5. The molecule has 6 nitrogen and oxygen atoms in total. The van der Waals surface area contributed by atoms with Crippen LogP contribution in [0.3, 0.4) is 0 Å². The van der Waals surface area contributed by atoms with Crippen molar-refractivity contribution in [3.8, 4) is 0 Å². The molecule has 0 saturated heterocycles. The third-order valence-corrected chi connectivity index (χ3v) is 5.29. The van der Waals surface area contributed by atoms with Gasteiger partial charge in [0.1, 0.15) is 5.82 Å². The molecule has 0 fully saturated rings. The molecule has 0 aliphatic rings. The lowest BCUT2D eigenvalue weighted by molar-refractivity contribution is 0.467. The number of nitrogens with zero attached hydrogens (tertiary/aromatic N) is 3. The van der Waals surface area contributed by atoms with E-state index in [0.29, 0.717) is 18.8 Å². The average Bonchev–Trinajstić information content (AvgIpc) is 2.98. The molecule has 1 N–H and O–H groups in total. The van der Waals surface area contributed by atoms with Gasteiger partial charge in [0.15, 0.2) is 5.03 Å².